The molecule has 1 atom stereocenters. The van der Waals surface area contributed by atoms with Crippen molar-refractivity contribution in [2.45, 2.75) is 19.4 Å². The van der Waals surface area contributed by atoms with Crippen LogP contribution in [0.4, 0.5) is 0 Å². The molecule has 3 heteroatoms. The van der Waals surface area contributed by atoms with Crippen molar-refractivity contribution in [2.75, 3.05) is 19.7 Å². The number of nitrogens with one attached hydrogen (secondary N) is 1. The summed E-state index contributed by atoms with van der Waals surface area (Å²) in [7, 11) is 0. The third kappa shape index (κ3) is 6.62. The molecule has 92 valence electrons. The standard InChI is InChI=1S/C14H19NO2/c1-2-3-7-10-15-11-13(16)12-17-14-8-5-4-6-9-14/h4-6,8-9,13,15-16H,7,10-12H2,1H3. The molecule has 1 aromatic carbocycles. The molecule has 1 rings (SSSR count). The van der Waals surface area contributed by atoms with Crippen molar-refractivity contribution in [2.24, 2.45) is 0 Å². The maximum absolute atomic E-state index is 9.64. The second kappa shape index (κ2) is 8.63. The molecule has 0 saturated carbocycles. The molecule has 0 radical (unpaired) electrons. The summed E-state index contributed by atoms with van der Waals surface area (Å²) in [5.74, 6) is 6.56. The number of ether oxygens (including phenoxy) is 1. The fraction of sp³-hybridized carbons (Fsp3) is 0.429. The van der Waals surface area contributed by atoms with E-state index in [-0.39, 0.29) is 0 Å². The Bertz CT molecular complexity index is 353. The largest absolute Gasteiger partial charge is 0.491 e. The van der Waals surface area contributed by atoms with Gasteiger partial charge < -0.3 is 15.2 Å². The molecule has 17 heavy (non-hydrogen) atoms. The highest BCUT2D eigenvalue weighted by atomic mass is 16.5. The Morgan fingerprint density at radius 2 is 2.12 bits per heavy atom. The Kier molecular flexibility index (Phi) is 6.89. The first-order valence-corrected chi connectivity index (χ1v) is 5.79. The Morgan fingerprint density at radius 3 is 2.82 bits per heavy atom. The number of rotatable bonds is 7. The molecule has 0 amide bonds. The molecule has 3 nitrogen and oxygen atoms in total. The van der Waals surface area contributed by atoms with Crippen LogP contribution in [-0.2, 0) is 0 Å². The normalized spacial score (nSPS) is 11.4. The third-order valence-corrected chi connectivity index (χ3v) is 2.17. The molecule has 0 aliphatic heterocycles. The van der Waals surface area contributed by atoms with E-state index in [2.05, 4.69) is 17.2 Å². The van der Waals surface area contributed by atoms with Crippen LogP contribution in [0.25, 0.3) is 0 Å². The summed E-state index contributed by atoms with van der Waals surface area (Å²) >= 11 is 0. The lowest BCUT2D eigenvalue weighted by atomic mass is 10.3. The first-order valence-electron chi connectivity index (χ1n) is 5.79. The van der Waals surface area contributed by atoms with Crippen LogP contribution in [0.3, 0.4) is 0 Å². The third-order valence-electron chi connectivity index (χ3n) is 2.17. The van der Waals surface area contributed by atoms with Crippen molar-refractivity contribution < 1.29 is 9.84 Å². The van der Waals surface area contributed by atoms with Crippen LogP contribution in [0.15, 0.2) is 30.3 Å². The highest BCUT2D eigenvalue weighted by Crippen LogP contribution is 2.08. The molecule has 0 aliphatic carbocycles. The van der Waals surface area contributed by atoms with Gasteiger partial charge in [-0.2, -0.15) is 0 Å². The van der Waals surface area contributed by atoms with Gasteiger partial charge in [-0.05, 0) is 19.1 Å². The Labute approximate surface area is 103 Å². The Morgan fingerprint density at radius 1 is 1.35 bits per heavy atom. The van der Waals surface area contributed by atoms with Gasteiger partial charge in [0.2, 0.25) is 0 Å². The number of para-hydroxylation sites is 1. The zero-order valence-corrected chi connectivity index (χ0v) is 10.1. The molecule has 1 unspecified atom stereocenters. The number of hydrogen-bond acceptors (Lipinski definition) is 3. The molecule has 0 saturated heterocycles. The fourth-order valence-corrected chi connectivity index (χ4v) is 1.31. The summed E-state index contributed by atoms with van der Waals surface area (Å²) in [6.07, 6.45) is 0.313. The topological polar surface area (TPSA) is 41.5 Å². The lowest BCUT2D eigenvalue weighted by Gasteiger charge is -2.12. The summed E-state index contributed by atoms with van der Waals surface area (Å²) in [5.41, 5.74) is 0. The van der Waals surface area contributed by atoms with Crippen molar-refractivity contribution in [3.63, 3.8) is 0 Å². The van der Waals surface area contributed by atoms with Gasteiger partial charge in [-0.25, -0.2) is 0 Å². The van der Waals surface area contributed by atoms with Gasteiger partial charge in [0.1, 0.15) is 18.5 Å². The van der Waals surface area contributed by atoms with E-state index in [1.165, 1.54) is 0 Å². The molecule has 0 aromatic heterocycles. The van der Waals surface area contributed by atoms with Crippen LogP contribution in [0.1, 0.15) is 13.3 Å². The SMILES string of the molecule is CC#CCCNCC(O)COc1ccccc1. The molecule has 0 bridgehead atoms. The molecular formula is C14H19NO2. The van der Waals surface area contributed by atoms with Crippen LogP contribution in [0.5, 0.6) is 5.75 Å². The van der Waals surface area contributed by atoms with Gasteiger partial charge in [-0.1, -0.05) is 18.2 Å². The average molecular weight is 233 g/mol. The molecule has 0 fully saturated rings. The molecule has 2 N–H and O–H groups in total. The minimum Gasteiger partial charge on any atom is -0.491 e. The minimum absolute atomic E-state index is 0.302. The predicted octanol–water partition coefficient (Wildman–Crippen LogP) is 1.43. The van der Waals surface area contributed by atoms with Gasteiger partial charge in [0, 0.05) is 19.5 Å². The number of aliphatic hydroxyl groups excluding tert-OH is 1. The smallest absolute Gasteiger partial charge is 0.119 e. The predicted molar refractivity (Wildman–Crippen MR) is 68.9 cm³/mol. The average Bonchev–Trinajstić information content (AvgIpc) is 2.37. The lowest BCUT2D eigenvalue weighted by Crippen LogP contribution is -2.31. The summed E-state index contributed by atoms with van der Waals surface area (Å²) in [6.45, 7) is 3.44. The number of benzene rings is 1. The van der Waals surface area contributed by atoms with E-state index in [1.54, 1.807) is 0 Å². The quantitative estimate of drug-likeness (QED) is 0.553. The maximum Gasteiger partial charge on any atom is 0.119 e. The van der Waals surface area contributed by atoms with Crippen LogP contribution in [-0.4, -0.2) is 30.9 Å². The van der Waals surface area contributed by atoms with Crippen molar-refractivity contribution >= 4 is 0 Å². The van der Waals surface area contributed by atoms with Crippen LogP contribution in [0, 0.1) is 11.8 Å². The minimum atomic E-state index is -0.496. The van der Waals surface area contributed by atoms with Crippen LogP contribution < -0.4 is 10.1 Å². The molecular weight excluding hydrogens is 214 g/mol. The van der Waals surface area contributed by atoms with E-state index >= 15 is 0 Å². The van der Waals surface area contributed by atoms with Gasteiger partial charge in [0.25, 0.3) is 0 Å². The van der Waals surface area contributed by atoms with E-state index < -0.39 is 6.10 Å². The molecule has 0 aliphatic rings. The second-order valence-corrected chi connectivity index (χ2v) is 3.66. The Balaban J connectivity index is 2.08. The summed E-state index contributed by atoms with van der Waals surface area (Å²) in [4.78, 5) is 0. The van der Waals surface area contributed by atoms with Gasteiger partial charge in [0.05, 0.1) is 0 Å². The van der Waals surface area contributed by atoms with Gasteiger partial charge in [-0.15, -0.1) is 11.8 Å². The molecule has 1 aromatic rings. The summed E-state index contributed by atoms with van der Waals surface area (Å²) in [5, 5.41) is 12.8. The summed E-state index contributed by atoms with van der Waals surface area (Å²) in [6, 6.07) is 9.49. The highest BCUT2D eigenvalue weighted by Gasteiger charge is 2.03. The molecule has 0 heterocycles. The van der Waals surface area contributed by atoms with Crippen LogP contribution >= 0.6 is 0 Å². The Hall–Kier alpha value is -1.50. The highest BCUT2D eigenvalue weighted by molar-refractivity contribution is 5.20. The molecule has 0 spiro atoms. The van der Waals surface area contributed by atoms with Gasteiger partial charge in [0.15, 0.2) is 0 Å². The summed E-state index contributed by atoms with van der Waals surface area (Å²) < 4.78 is 5.43. The van der Waals surface area contributed by atoms with Crippen molar-refractivity contribution in [1.29, 1.82) is 0 Å². The van der Waals surface area contributed by atoms with E-state index in [1.807, 2.05) is 37.3 Å². The van der Waals surface area contributed by atoms with E-state index in [4.69, 9.17) is 4.74 Å². The van der Waals surface area contributed by atoms with Crippen LogP contribution in [0.2, 0.25) is 0 Å². The first kappa shape index (κ1) is 13.6. The zero-order valence-electron chi connectivity index (χ0n) is 10.1. The monoisotopic (exact) mass is 233 g/mol. The maximum atomic E-state index is 9.64. The van der Waals surface area contributed by atoms with Crippen molar-refractivity contribution in [3.8, 4) is 17.6 Å². The lowest BCUT2D eigenvalue weighted by molar-refractivity contribution is 0.107. The van der Waals surface area contributed by atoms with E-state index in [9.17, 15) is 5.11 Å². The second-order valence-electron chi connectivity index (χ2n) is 3.66. The van der Waals surface area contributed by atoms with E-state index in [0.29, 0.717) is 13.2 Å². The van der Waals surface area contributed by atoms with Gasteiger partial charge in [-0.3, -0.25) is 0 Å². The van der Waals surface area contributed by atoms with E-state index in [0.717, 1.165) is 18.7 Å². The zero-order chi connectivity index (χ0) is 12.3. The fourth-order valence-electron chi connectivity index (χ4n) is 1.31. The number of aliphatic hydroxyl groups is 1. The first-order chi connectivity index (χ1) is 8.33. The van der Waals surface area contributed by atoms with Crippen molar-refractivity contribution in [3.05, 3.63) is 30.3 Å². The number of hydrogen-bond donors (Lipinski definition) is 2. The van der Waals surface area contributed by atoms with Gasteiger partial charge >= 0.3 is 0 Å². The van der Waals surface area contributed by atoms with Crippen molar-refractivity contribution in [1.82, 2.24) is 5.32 Å².